The van der Waals surface area contributed by atoms with Gasteiger partial charge in [-0.15, -0.1) is 21.8 Å². The van der Waals surface area contributed by atoms with E-state index in [0.717, 1.165) is 5.56 Å². The summed E-state index contributed by atoms with van der Waals surface area (Å²) in [6.07, 6.45) is 0.424. The first-order valence-electron chi connectivity index (χ1n) is 5.20. The Balaban J connectivity index is 2.09. The maximum atomic E-state index is 12.9. The molecule has 0 saturated carbocycles. The van der Waals surface area contributed by atoms with Crippen LogP contribution in [0.2, 0.25) is 5.02 Å². The van der Waals surface area contributed by atoms with E-state index in [1.807, 2.05) is 0 Å². The van der Waals surface area contributed by atoms with Crippen LogP contribution in [-0.2, 0) is 11.2 Å². The number of aromatic nitrogens is 2. The van der Waals surface area contributed by atoms with Crippen LogP contribution < -0.4 is 5.32 Å². The lowest BCUT2D eigenvalue weighted by Crippen LogP contribution is -2.12. The minimum absolute atomic E-state index is 0.140. The third kappa shape index (κ3) is 3.86. The Morgan fingerprint density at radius 3 is 2.89 bits per heavy atom. The molecule has 0 aliphatic heterocycles. The van der Waals surface area contributed by atoms with Gasteiger partial charge in [0.2, 0.25) is 11.0 Å². The molecular formula is C11H8Cl2FN3OS. The summed E-state index contributed by atoms with van der Waals surface area (Å²) >= 11 is 12.5. The highest BCUT2D eigenvalue weighted by Crippen LogP contribution is 2.23. The Morgan fingerprint density at radius 2 is 2.21 bits per heavy atom. The summed E-state index contributed by atoms with van der Waals surface area (Å²) in [6.45, 7) is 0. The first kappa shape index (κ1) is 14.2. The number of carbonyl (C=O) groups excluding carboxylic acids is 1. The van der Waals surface area contributed by atoms with Crippen molar-refractivity contribution in [3.63, 3.8) is 0 Å². The number of benzene rings is 1. The van der Waals surface area contributed by atoms with Crippen LogP contribution in [0.5, 0.6) is 0 Å². The van der Waals surface area contributed by atoms with Gasteiger partial charge in [0.15, 0.2) is 0 Å². The number of nitrogens with one attached hydrogen (secondary N) is 1. The Hall–Kier alpha value is -1.24. The predicted octanol–water partition coefficient (Wildman–Crippen LogP) is 3.10. The van der Waals surface area contributed by atoms with E-state index in [1.165, 1.54) is 23.5 Å². The van der Waals surface area contributed by atoms with Crippen LogP contribution >= 0.6 is 34.5 Å². The molecule has 0 unspecified atom stereocenters. The van der Waals surface area contributed by atoms with Crippen LogP contribution in [0.1, 0.15) is 10.6 Å². The minimum atomic E-state index is -0.388. The average Bonchev–Trinajstić information content (AvgIpc) is 2.80. The molecule has 8 heteroatoms. The van der Waals surface area contributed by atoms with Gasteiger partial charge in [-0.25, -0.2) is 4.39 Å². The molecule has 1 amide bonds. The average molecular weight is 320 g/mol. The Bertz CT molecular complexity index is 605. The Morgan fingerprint density at radius 1 is 1.42 bits per heavy atom. The third-order valence-electron chi connectivity index (χ3n) is 2.19. The minimum Gasteiger partial charge on any atom is -0.299 e. The molecule has 100 valence electrons. The van der Waals surface area contributed by atoms with E-state index in [0.29, 0.717) is 21.6 Å². The standard InChI is InChI=1S/C11H8Cl2FN3OS/c12-5-9(18)15-11-17-16-10(19-11)3-6-1-2-7(14)4-8(6)13/h1-2,4H,3,5H2,(H,15,17,18). The van der Waals surface area contributed by atoms with Gasteiger partial charge in [-0.1, -0.05) is 29.0 Å². The smallest absolute Gasteiger partial charge is 0.241 e. The van der Waals surface area contributed by atoms with Gasteiger partial charge in [0.25, 0.3) is 0 Å². The molecule has 0 bridgehead atoms. The number of carbonyl (C=O) groups is 1. The molecule has 0 fully saturated rings. The maximum absolute atomic E-state index is 12.9. The molecule has 0 aliphatic carbocycles. The Labute approximate surface area is 122 Å². The zero-order valence-corrected chi connectivity index (χ0v) is 11.8. The summed E-state index contributed by atoms with van der Waals surface area (Å²) in [4.78, 5) is 11.1. The van der Waals surface area contributed by atoms with Crippen molar-refractivity contribution in [2.45, 2.75) is 6.42 Å². The number of hydrogen-bond acceptors (Lipinski definition) is 4. The lowest BCUT2D eigenvalue weighted by Gasteiger charge is -2.00. The number of alkyl halides is 1. The molecule has 2 rings (SSSR count). The fourth-order valence-corrected chi connectivity index (χ4v) is 2.44. The summed E-state index contributed by atoms with van der Waals surface area (Å²) in [5.41, 5.74) is 0.745. The molecule has 0 atom stereocenters. The van der Waals surface area contributed by atoms with Gasteiger partial charge >= 0.3 is 0 Å². The van der Waals surface area contributed by atoms with Gasteiger partial charge in [-0.05, 0) is 17.7 Å². The number of amides is 1. The molecule has 1 heterocycles. The second-order valence-corrected chi connectivity index (χ2v) is 5.33. The molecule has 1 N–H and O–H groups in total. The number of halogens is 3. The molecule has 19 heavy (non-hydrogen) atoms. The predicted molar refractivity (Wildman–Crippen MR) is 73.5 cm³/mol. The molecule has 1 aromatic carbocycles. The lowest BCUT2D eigenvalue weighted by atomic mass is 10.1. The molecule has 2 aromatic rings. The largest absolute Gasteiger partial charge is 0.299 e. The third-order valence-corrected chi connectivity index (χ3v) is 3.62. The summed E-state index contributed by atoms with van der Waals surface area (Å²) in [6, 6.07) is 4.17. The molecule has 0 saturated heterocycles. The first-order chi connectivity index (χ1) is 9.08. The first-order valence-corrected chi connectivity index (χ1v) is 6.93. The molecule has 0 spiro atoms. The second kappa shape index (κ2) is 6.27. The molecule has 0 radical (unpaired) electrons. The van der Waals surface area contributed by atoms with Crippen LogP contribution in [0, 0.1) is 5.82 Å². The highest BCUT2D eigenvalue weighted by Gasteiger charge is 2.10. The van der Waals surface area contributed by atoms with E-state index < -0.39 is 0 Å². The Kier molecular flexibility index (Phi) is 4.68. The quantitative estimate of drug-likeness (QED) is 0.881. The number of anilines is 1. The van der Waals surface area contributed by atoms with Crippen LogP contribution in [0.4, 0.5) is 9.52 Å². The highest BCUT2D eigenvalue weighted by atomic mass is 35.5. The fraction of sp³-hybridized carbons (Fsp3) is 0.182. The van der Waals surface area contributed by atoms with Gasteiger partial charge in [-0.2, -0.15) is 0 Å². The van der Waals surface area contributed by atoms with Crippen molar-refractivity contribution in [1.29, 1.82) is 0 Å². The zero-order valence-electron chi connectivity index (χ0n) is 9.49. The summed E-state index contributed by atoms with van der Waals surface area (Å²) in [5, 5.41) is 11.6. The van der Waals surface area contributed by atoms with Gasteiger partial charge in [0.05, 0.1) is 0 Å². The van der Waals surface area contributed by atoms with Crippen molar-refractivity contribution < 1.29 is 9.18 Å². The monoisotopic (exact) mass is 319 g/mol. The van der Waals surface area contributed by atoms with Crippen LogP contribution in [0.15, 0.2) is 18.2 Å². The van der Waals surface area contributed by atoms with Crippen molar-refractivity contribution in [3.8, 4) is 0 Å². The topological polar surface area (TPSA) is 54.9 Å². The molecular weight excluding hydrogens is 312 g/mol. The number of rotatable bonds is 4. The van der Waals surface area contributed by atoms with Crippen molar-refractivity contribution >= 4 is 45.6 Å². The van der Waals surface area contributed by atoms with E-state index >= 15 is 0 Å². The van der Waals surface area contributed by atoms with Crippen molar-refractivity contribution in [2.24, 2.45) is 0 Å². The van der Waals surface area contributed by atoms with Gasteiger partial charge in [-0.3, -0.25) is 10.1 Å². The SMILES string of the molecule is O=C(CCl)Nc1nnc(Cc2ccc(F)cc2Cl)s1. The van der Waals surface area contributed by atoms with Gasteiger partial charge in [0.1, 0.15) is 16.7 Å². The van der Waals surface area contributed by atoms with E-state index in [9.17, 15) is 9.18 Å². The number of nitrogens with zero attached hydrogens (tertiary/aromatic N) is 2. The van der Waals surface area contributed by atoms with Crippen molar-refractivity contribution in [2.75, 3.05) is 11.2 Å². The lowest BCUT2D eigenvalue weighted by molar-refractivity contribution is -0.113. The zero-order chi connectivity index (χ0) is 13.8. The van der Waals surface area contributed by atoms with Crippen LogP contribution in [-0.4, -0.2) is 22.0 Å². The van der Waals surface area contributed by atoms with Crippen molar-refractivity contribution in [3.05, 3.63) is 39.6 Å². The van der Waals surface area contributed by atoms with Gasteiger partial charge in [0, 0.05) is 11.4 Å². The van der Waals surface area contributed by atoms with E-state index in [4.69, 9.17) is 23.2 Å². The van der Waals surface area contributed by atoms with Crippen LogP contribution in [0.25, 0.3) is 0 Å². The summed E-state index contributed by atoms with van der Waals surface area (Å²) < 4.78 is 12.9. The molecule has 1 aromatic heterocycles. The summed E-state index contributed by atoms with van der Waals surface area (Å²) in [7, 11) is 0. The maximum Gasteiger partial charge on any atom is 0.241 e. The fourth-order valence-electron chi connectivity index (χ4n) is 1.36. The van der Waals surface area contributed by atoms with Gasteiger partial charge < -0.3 is 0 Å². The highest BCUT2D eigenvalue weighted by molar-refractivity contribution is 7.15. The molecule has 0 aliphatic rings. The van der Waals surface area contributed by atoms with Crippen molar-refractivity contribution in [1.82, 2.24) is 10.2 Å². The normalized spacial score (nSPS) is 10.5. The summed E-state index contributed by atoms with van der Waals surface area (Å²) in [5.74, 6) is -0.871. The van der Waals surface area contributed by atoms with Crippen LogP contribution in [0.3, 0.4) is 0 Å². The van der Waals surface area contributed by atoms with E-state index in [1.54, 1.807) is 6.07 Å². The number of hydrogen-bond donors (Lipinski definition) is 1. The second-order valence-electron chi connectivity index (χ2n) is 3.60. The van der Waals surface area contributed by atoms with E-state index in [-0.39, 0.29) is 17.6 Å². The molecule has 4 nitrogen and oxygen atoms in total. The van der Waals surface area contributed by atoms with E-state index in [2.05, 4.69) is 15.5 Å².